The first kappa shape index (κ1) is 16.8. The van der Waals surface area contributed by atoms with Crippen LogP contribution in [0.1, 0.15) is 36.0 Å². The van der Waals surface area contributed by atoms with E-state index in [0.717, 1.165) is 16.3 Å². The smallest absolute Gasteiger partial charge is 0.255 e. The molecule has 1 heterocycles. The second-order valence-corrected chi connectivity index (χ2v) is 7.70. The van der Waals surface area contributed by atoms with Crippen LogP contribution >= 0.6 is 11.8 Å². The number of amides is 1. The fourth-order valence-electron chi connectivity index (χ4n) is 3.16. The summed E-state index contributed by atoms with van der Waals surface area (Å²) in [6, 6.07) is 15.4. The number of carbonyl (C=O) groups is 1. The van der Waals surface area contributed by atoms with Gasteiger partial charge >= 0.3 is 0 Å². The molecule has 1 N–H and O–H groups in total. The van der Waals surface area contributed by atoms with Crippen LogP contribution in [0.25, 0.3) is 5.69 Å². The van der Waals surface area contributed by atoms with E-state index in [1.807, 2.05) is 42.1 Å². The summed E-state index contributed by atoms with van der Waals surface area (Å²) in [7, 11) is 0. The van der Waals surface area contributed by atoms with Gasteiger partial charge in [-0.2, -0.15) is 5.10 Å². The molecule has 1 fully saturated rings. The number of hydrogen-bond donors (Lipinski definition) is 1. The quantitative estimate of drug-likeness (QED) is 0.721. The molecule has 4 rings (SSSR count). The first-order valence-corrected chi connectivity index (χ1v) is 9.70. The lowest BCUT2D eigenvalue weighted by Gasteiger charge is -2.14. The Labute approximate surface area is 156 Å². The Morgan fingerprint density at radius 1 is 1.08 bits per heavy atom. The van der Waals surface area contributed by atoms with Gasteiger partial charge in [-0.25, -0.2) is 9.67 Å². The van der Waals surface area contributed by atoms with Crippen LogP contribution in [0, 0.1) is 0 Å². The van der Waals surface area contributed by atoms with Crippen molar-refractivity contribution in [3.63, 3.8) is 0 Å². The SMILES string of the molecule is O=C(Nc1ccccc1SC1CCCC1)c1ccc(-n2cncn2)cc1. The summed E-state index contributed by atoms with van der Waals surface area (Å²) in [5.74, 6) is -0.102. The zero-order chi connectivity index (χ0) is 17.8. The molecule has 5 nitrogen and oxygen atoms in total. The molecule has 2 aromatic carbocycles. The van der Waals surface area contributed by atoms with Crippen LogP contribution in [0.4, 0.5) is 5.69 Å². The monoisotopic (exact) mass is 364 g/mol. The molecule has 0 aliphatic heterocycles. The van der Waals surface area contributed by atoms with E-state index in [4.69, 9.17) is 0 Å². The minimum Gasteiger partial charge on any atom is -0.321 e. The highest BCUT2D eigenvalue weighted by molar-refractivity contribution is 8.00. The van der Waals surface area contributed by atoms with Crippen molar-refractivity contribution in [2.75, 3.05) is 5.32 Å². The van der Waals surface area contributed by atoms with Gasteiger partial charge in [0, 0.05) is 15.7 Å². The van der Waals surface area contributed by atoms with Gasteiger partial charge in [-0.15, -0.1) is 11.8 Å². The minimum absolute atomic E-state index is 0.102. The van der Waals surface area contributed by atoms with Gasteiger partial charge in [0.1, 0.15) is 12.7 Å². The Kier molecular flexibility index (Phi) is 5.02. The maximum Gasteiger partial charge on any atom is 0.255 e. The number of para-hydroxylation sites is 1. The second kappa shape index (κ2) is 7.74. The van der Waals surface area contributed by atoms with Crippen molar-refractivity contribution in [3.05, 3.63) is 66.7 Å². The molecule has 1 aromatic heterocycles. The van der Waals surface area contributed by atoms with Gasteiger partial charge < -0.3 is 5.32 Å². The van der Waals surface area contributed by atoms with E-state index in [2.05, 4.69) is 21.5 Å². The van der Waals surface area contributed by atoms with Gasteiger partial charge in [0.2, 0.25) is 0 Å². The molecule has 0 saturated heterocycles. The highest BCUT2D eigenvalue weighted by Gasteiger charge is 2.18. The van der Waals surface area contributed by atoms with Crippen LogP contribution in [-0.2, 0) is 0 Å². The minimum atomic E-state index is -0.102. The van der Waals surface area contributed by atoms with E-state index < -0.39 is 0 Å². The summed E-state index contributed by atoms with van der Waals surface area (Å²) in [4.78, 5) is 17.7. The van der Waals surface area contributed by atoms with E-state index in [-0.39, 0.29) is 5.91 Å². The normalized spacial score (nSPS) is 14.5. The molecule has 0 radical (unpaired) electrons. The molecule has 1 aliphatic carbocycles. The van der Waals surface area contributed by atoms with Crippen molar-refractivity contribution in [1.29, 1.82) is 0 Å². The fourth-order valence-corrected chi connectivity index (χ4v) is 4.49. The first-order chi connectivity index (χ1) is 12.8. The third kappa shape index (κ3) is 3.80. The Hall–Kier alpha value is -2.60. The van der Waals surface area contributed by atoms with Gasteiger partial charge in [-0.05, 0) is 49.2 Å². The summed E-state index contributed by atoms with van der Waals surface area (Å²) in [6.45, 7) is 0. The molecule has 6 heteroatoms. The summed E-state index contributed by atoms with van der Waals surface area (Å²) in [6.07, 6.45) is 8.26. The van der Waals surface area contributed by atoms with Crippen LogP contribution in [0.15, 0.2) is 66.1 Å². The fraction of sp³-hybridized carbons (Fsp3) is 0.250. The number of hydrogen-bond acceptors (Lipinski definition) is 4. The zero-order valence-electron chi connectivity index (χ0n) is 14.3. The highest BCUT2D eigenvalue weighted by atomic mass is 32.2. The average Bonchev–Trinajstić information content (AvgIpc) is 3.37. The maximum atomic E-state index is 12.6. The molecular formula is C20H20N4OS. The second-order valence-electron chi connectivity index (χ2n) is 6.36. The number of rotatable bonds is 5. The van der Waals surface area contributed by atoms with Crippen LogP contribution in [0.5, 0.6) is 0 Å². The van der Waals surface area contributed by atoms with E-state index in [0.29, 0.717) is 10.8 Å². The van der Waals surface area contributed by atoms with Crippen molar-refractivity contribution in [2.24, 2.45) is 0 Å². The van der Waals surface area contributed by atoms with Crippen molar-refractivity contribution >= 4 is 23.4 Å². The van der Waals surface area contributed by atoms with Crippen molar-refractivity contribution in [1.82, 2.24) is 14.8 Å². The number of nitrogens with zero attached hydrogens (tertiary/aromatic N) is 3. The zero-order valence-corrected chi connectivity index (χ0v) is 15.2. The lowest BCUT2D eigenvalue weighted by Crippen LogP contribution is -2.13. The molecule has 0 unspecified atom stereocenters. The molecule has 3 aromatic rings. The van der Waals surface area contributed by atoms with E-state index >= 15 is 0 Å². The molecule has 0 spiro atoms. The molecule has 0 atom stereocenters. The molecule has 0 bridgehead atoms. The van der Waals surface area contributed by atoms with Gasteiger partial charge in [0.15, 0.2) is 0 Å². The Morgan fingerprint density at radius 3 is 2.58 bits per heavy atom. The van der Waals surface area contributed by atoms with Gasteiger partial charge in [-0.1, -0.05) is 25.0 Å². The third-order valence-corrected chi connectivity index (χ3v) is 5.96. The molecule has 26 heavy (non-hydrogen) atoms. The summed E-state index contributed by atoms with van der Waals surface area (Å²) in [5, 5.41) is 7.81. The lowest BCUT2D eigenvalue weighted by molar-refractivity contribution is 0.102. The van der Waals surface area contributed by atoms with E-state index in [1.54, 1.807) is 23.1 Å². The molecule has 132 valence electrons. The summed E-state index contributed by atoms with van der Waals surface area (Å²) in [5.41, 5.74) is 2.38. The number of aromatic nitrogens is 3. The maximum absolute atomic E-state index is 12.6. The van der Waals surface area contributed by atoms with E-state index in [9.17, 15) is 4.79 Å². The van der Waals surface area contributed by atoms with Gasteiger partial charge in [0.05, 0.1) is 11.4 Å². The number of nitrogens with one attached hydrogen (secondary N) is 1. The number of anilines is 1. The van der Waals surface area contributed by atoms with Crippen LogP contribution in [0.3, 0.4) is 0 Å². The predicted octanol–water partition coefficient (Wildman–Crippen LogP) is 4.55. The largest absolute Gasteiger partial charge is 0.321 e. The summed E-state index contributed by atoms with van der Waals surface area (Å²) >= 11 is 1.88. The van der Waals surface area contributed by atoms with Gasteiger partial charge in [-0.3, -0.25) is 4.79 Å². The van der Waals surface area contributed by atoms with E-state index in [1.165, 1.54) is 32.0 Å². The average molecular weight is 364 g/mol. The third-order valence-electron chi connectivity index (χ3n) is 4.54. The predicted molar refractivity (Wildman–Crippen MR) is 104 cm³/mol. The molecule has 1 amide bonds. The Balaban J connectivity index is 1.47. The van der Waals surface area contributed by atoms with Crippen molar-refractivity contribution in [2.45, 2.75) is 35.8 Å². The topological polar surface area (TPSA) is 59.8 Å². The number of carbonyl (C=O) groups excluding carboxylic acids is 1. The Bertz CT molecular complexity index is 871. The van der Waals surface area contributed by atoms with Crippen molar-refractivity contribution < 1.29 is 4.79 Å². The van der Waals surface area contributed by atoms with Crippen molar-refractivity contribution in [3.8, 4) is 5.69 Å². The van der Waals surface area contributed by atoms with Crippen LogP contribution in [0.2, 0.25) is 0 Å². The lowest BCUT2D eigenvalue weighted by atomic mass is 10.2. The van der Waals surface area contributed by atoms with Crippen LogP contribution in [-0.4, -0.2) is 25.9 Å². The molecular weight excluding hydrogens is 344 g/mol. The van der Waals surface area contributed by atoms with Crippen LogP contribution < -0.4 is 5.32 Å². The highest BCUT2D eigenvalue weighted by Crippen LogP contribution is 2.38. The van der Waals surface area contributed by atoms with Gasteiger partial charge in [0.25, 0.3) is 5.91 Å². The first-order valence-electron chi connectivity index (χ1n) is 8.82. The number of thioether (sulfide) groups is 1. The molecule has 1 saturated carbocycles. The molecule has 1 aliphatic rings. The number of benzene rings is 2. The standard InChI is InChI=1S/C20H20N4OS/c25-20(15-9-11-16(12-10-15)24-14-21-13-22-24)23-18-7-3-4-8-19(18)26-17-5-1-2-6-17/h3-4,7-14,17H,1-2,5-6H2,(H,23,25). The summed E-state index contributed by atoms with van der Waals surface area (Å²) < 4.78 is 1.66. The Morgan fingerprint density at radius 2 is 1.85 bits per heavy atom.